The van der Waals surface area contributed by atoms with Crippen LogP contribution >= 0.6 is 0 Å². The average Bonchev–Trinajstić information content (AvgIpc) is 2.56. The van der Waals surface area contributed by atoms with Crippen LogP contribution < -0.4 is 0 Å². The summed E-state index contributed by atoms with van der Waals surface area (Å²) in [5.41, 5.74) is 1.27. The second-order valence-corrected chi connectivity index (χ2v) is 6.07. The number of unbranched alkanes of at least 4 members (excludes halogenated alkanes) is 3. The van der Waals surface area contributed by atoms with Crippen molar-refractivity contribution in [1.82, 2.24) is 4.90 Å². The zero-order chi connectivity index (χ0) is 16.9. The van der Waals surface area contributed by atoms with Crippen molar-refractivity contribution in [3.05, 3.63) is 48.7 Å². The van der Waals surface area contributed by atoms with Gasteiger partial charge in [-0.05, 0) is 25.7 Å². The highest BCUT2D eigenvalue weighted by molar-refractivity contribution is 5.70. The molecule has 1 unspecified atom stereocenters. The molecule has 3 heteroatoms. The van der Waals surface area contributed by atoms with Gasteiger partial charge >= 0.3 is 5.97 Å². The van der Waals surface area contributed by atoms with Crippen LogP contribution in [0.15, 0.2) is 48.7 Å². The lowest BCUT2D eigenvalue weighted by Crippen LogP contribution is -2.38. The third-order valence-corrected chi connectivity index (χ3v) is 4.19. The van der Waals surface area contributed by atoms with E-state index in [1.54, 1.807) is 6.08 Å². The minimum Gasteiger partial charge on any atom is -0.481 e. The van der Waals surface area contributed by atoms with Crippen molar-refractivity contribution in [1.29, 1.82) is 0 Å². The van der Waals surface area contributed by atoms with E-state index in [2.05, 4.69) is 30.6 Å². The maximum absolute atomic E-state index is 11.3. The van der Waals surface area contributed by atoms with Crippen molar-refractivity contribution in [2.75, 3.05) is 13.1 Å². The lowest BCUT2D eigenvalue weighted by atomic mass is 9.97. The molecule has 1 heterocycles. The first kappa shape index (κ1) is 19.3. The molecule has 0 spiro atoms. The normalized spacial score (nSPS) is 19.6. The molecule has 0 saturated carbocycles. The SMILES string of the molecule is C=CC=CC=CCC(=CCCCCC)N1CCCC(C(=O)O)C1. The summed E-state index contributed by atoms with van der Waals surface area (Å²) < 4.78 is 0. The van der Waals surface area contributed by atoms with Crippen LogP contribution in [0, 0.1) is 5.92 Å². The Bertz CT molecular complexity index is 449. The second-order valence-electron chi connectivity index (χ2n) is 6.07. The fourth-order valence-electron chi connectivity index (χ4n) is 2.85. The van der Waals surface area contributed by atoms with Crippen molar-refractivity contribution in [2.45, 2.75) is 51.9 Å². The Morgan fingerprint density at radius 1 is 1.30 bits per heavy atom. The van der Waals surface area contributed by atoms with Gasteiger partial charge in [0.15, 0.2) is 0 Å². The number of piperidine rings is 1. The van der Waals surface area contributed by atoms with Crippen molar-refractivity contribution < 1.29 is 9.90 Å². The number of hydrogen-bond acceptors (Lipinski definition) is 2. The number of likely N-dealkylation sites (tertiary alicyclic amines) is 1. The highest BCUT2D eigenvalue weighted by atomic mass is 16.4. The second kappa shape index (κ2) is 11.8. The van der Waals surface area contributed by atoms with E-state index in [1.807, 2.05) is 18.2 Å². The smallest absolute Gasteiger partial charge is 0.308 e. The number of carboxylic acid groups (broad SMARTS) is 1. The number of aliphatic carboxylic acids is 1. The summed E-state index contributed by atoms with van der Waals surface area (Å²) in [6.07, 6.45) is 19.5. The molecule has 1 N–H and O–H groups in total. The molecule has 128 valence electrons. The number of allylic oxidation sites excluding steroid dienone is 6. The van der Waals surface area contributed by atoms with Crippen LogP contribution in [0.2, 0.25) is 0 Å². The number of carboxylic acids is 1. The molecule has 1 aliphatic heterocycles. The minimum absolute atomic E-state index is 0.229. The Labute approximate surface area is 141 Å². The van der Waals surface area contributed by atoms with Gasteiger partial charge in [-0.2, -0.15) is 0 Å². The van der Waals surface area contributed by atoms with Gasteiger partial charge in [0.05, 0.1) is 5.92 Å². The third kappa shape index (κ3) is 7.87. The number of carbonyl (C=O) groups is 1. The molecule has 0 radical (unpaired) electrons. The van der Waals surface area contributed by atoms with Crippen LogP contribution in [0.25, 0.3) is 0 Å². The van der Waals surface area contributed by atoms with E-state index in [9.17, 15) is 9.90 Å². The fraction of sp³-hybridized carbons (Fsp3) is 0.550. The summed E-state index contributed by atoms with van der Waals surface area (Å²) in [5.74, 6) is -0.892. The van der Waals surface area contributed by atoms with Gasteiger partial charge in [-0.1, -0.05) is 62.8 Å². The third-order valence-electron chi connectivity index (χ3n) is 4.19. The molecule has 0 aromatic heterocycles. The monoisotopic (exact) mass is 317 g/mol. The Morgan fingerprint density at radius 3 is 2.83 bits per heavy atom. The van der Waals surface area contributed by atoms with Gasteiger partial charge in [0.25, 0.3) is 0 Å². The summed E-state index contributed by atoms with van der Waals surface area (Å²) in [4.78, 5) is 13.5. The Balaban J connectivity index is 2.68. The standard InChI is InChI=1S/C20H31NO2/c1-3-5-7-9-11-15-19(14-10-8-6-4-2)21-16-12-13-18(17-21)20(22)23/h3,5,7,9,11,14,18H,1,4,6,8,10,12-13,15-17H2,2H3,(H,22,23). The molecule has 0 amide bonds. The van der Waals surface area contributed by atoms with Crippen LogP contribution in [0.1, 0.15) is 51.9 Å². The molecule has 0 aliphatic carbocycles. The fourth-order valence-corrected chi connectivity index (χ4v) is 2.85. The van der Waals surface area contributed by atoms with Crippen molar-refractivity contribution in [3.63, 3.8) is 0 Å². The average molecular weight is 317 g/mol. The molecule has 0 aromatic rings. The molecular weight excluding hydrogens is 286 g/mol. The molecule has 1 rings (SSSR count). The predicted octanol–water partition coefficient (Wildman–Crippen LogP) is 4.94. The maximum Gasteiger partial charge on any atom is 0.308 e. The Morgan fingerprint density at radius 2 is 2.13 bits per heavy atom. The number of hydrogen-bond donors (Lipinski definition) is 1. The molecule has 0 aromatic carbocycles. The number of nitrogens with zero attached hydrogens (tertiary/aromatic N) is 1. The molecule has 0 bridgehead atoms. The Kier molecular flexibility index (Phi) is 9.85. The quantitative estimate of drug-likeness (QED) is 0.458. The molecule has 1 saturated heterocycles. The van der Waals surface area contributed by atoms with Crippen molar-refractivity contribution >= 4 is 5.97 Å². The first-order valence-corrected chi connectivity index (χ1v) is 8.80. The van der Waals surface area contributed by atoms with Gasteiger partial charge in [0, 0.05) is 25.2 Å². The zero-order valence-corrected chi connectivity index (χ0v) is 14.4. The lowest BCUT2D eigenvalue weighted by molar-refractivity contribution is -0.143. The van der Waals surface area contributed by atoms with Gasteiger partial charge in [-0.3, -0.25) is 4.79 Å². The van der Waals surface area contributed by atoms with Crippen molar-refractivity contribution in [2.24, 2.45) is 5.92 Å². The first-order valence-electron chi connectivity index (χ1n) is 8.80. The van der Waals surface area contributed by atoms with Crippen molar-refractivity contribution in [3.8, 4) is 0 Å². The summed E-state index contributed by atoms with van der Waals surface area (Å²) in [6.45, 7) is 7.48. The van der Waals surface area contributed by atoms with Crippen LogP contribution in [0.4, 0.5) is 0 Å². The van der Waals surface area contributed by atoms with Crippen LogP contribution in [0.3, 0.4) is 0 Å². The Hall–Kier alpha value is -1.77. The first-order chi connectivity index (χ1) is 11.2. The molecule has 1 fully saturated rings. The minimum atomic E-state index is -0.663. The summed E-state index contributed by atoms with van der Waals surface area (Å²) in [5, 5.41) is 9.28. The molecule has 1 aliphatic rings. The topological polar surface area (TPSA) is 40.5 Å². The van der Waals surface area contributed by atoms with E-state index in [-0.39, 0.29) is 5.92 Å². The molecule has 23 heavy (non-hydrogen) atoms. The van der Waals surface area contributed by atoms with Crippen LogP contribution in [-0.4, -0.2) is 29.1 Å². The summed E-state index contributed by atoms with van der Waals surface area (Å²) in [7, 11) is 0. The van der Waals surface area contributed by atoms with E-state index < -0.39 is 5.97 Å². The lowest BCUT2D eigenvalue weighted by Gasteiger charge is -2.34. The van der Waals surface area contributed by atoms with E-state index >= 15 is 0 Å². The number of rotatable bonds is 10. The molecular formula is C20H31NO2. The van der Waals surface area contributed by atoms with Gasteiger partial charge in [0.2, 0.25) is 0 Å². The van der Waals surface area contributed by atoms with Crippen LogP contribution in [-0.2, 0) is 4.79 Å². The summed E-state index contributed by atoms with van der Waals surface area (Å²) >= 11 is 0. The van der Waals surface area contributed by atoms with Gasteiger partial charge in [0.1, 0.15) is 0 Å². The molecule has 1 atom stereocenters. The highest BCUT2D eigenvalue weighted by Gasteiger charge is 2.25. The van der Waals surface area contributed by atoms with Gasteiger partial charge < -0.3 is 10.0 Å². The van der Waals surface area contributed by atoms with Crippen LogP contribution in [0.5, 0.6) is 0 Å². The largest absolute Gasteiger partial charge is 0.481 e. The van der Waals surface area contributed by atoms with E-state index in [4.69, 9.17) is 0 Å². The zero-order valence-electron chi connectivity index (χ0n) is 14.4. The molecule has 3 nitrogen and oxygen atoms in total. The maximum atomic E-state index is 11.3. The summed E-state index contributed by atoms with van der Waals surface area (Å²) in [6, 6.07) is 0. The van der Waals surface area contributed by atoms with E-state index in [0.717, 1.165) is 32.2 Å². The predicted molar refractivity (Wildman–Crippen MR) is 97.3 cm³/mol. The highest BCUT2D eigenvalue weighted by Crippen LogP contribution is 2.23. The van der Waals surface area contributed by atoms with E-state index in [1.165, 1.54) is 25.0 Å². The van der Waals surface area contributed by atoms with Gasteiger partial charge in [-0.15, -0.1) is 0 Å². The van der Waals surface area contributed by atoms with E-state index in [0.29, 0.717) is 6.54 Å². The van der Waals surface area contributed by atoms with Gasteiger partial charge in [-0.25, -0.2) is 0 Å².